The lowest BCUT2D eigenvalue weighted by atomic mass is 9.94. The summed E-state index contributed by atoms with van der Waals surface area (Å²) in [5.41, 5.74) is 1.88. The molecule has 0 N–H and O–H groups in total. The lowest BCUT2D eigenvalue weighted by Gasteiger charge is -2.35. The summed E-state index contributed by atoms with van der Waals surface area (Å²) in [7, 11) is 0. The van der Waals surface area contributed by atoms with E-state index in [1.54, 1.807) is 11.3 Å². The van der Waals surface area contributed by atoms with Gasteiger partial charge in [-0.15, -0.1) is 11.3 Å². The molecule has 2 saturated heterocycles. The third-order valence-corrected chi connectivity index (χ3v) is 6.66. The summed E-state index contributed by atoms with van der Waals surface area (Å²) in [6.45, 7) is 3.18. The fourth-order valence-corrected chi connectivity index (χ4v) is 4.84. The second kappa shape index (κ2) is 8.26. The molecule has 0 radical (unpaired) electrons. The first-order valence-electron chi connectivity index (χ1n) is 9.94. The van der Waals surface area contributed by atoms with Crippen molar-refractivity contribution in [1.29, 1.82) is 0 Å². The predicted octanol–water partition coefficient (Wildman–Crippen LogP) is 4.28. The Morgan fingerprint density at radius 3 is 2.19 bits per heavy atom. The number of likely N-dealkylation sites (tertiary alicyclic amines) is 2. The van der Waals surface area contributed by atoms with Crippen molar-refractivity contribution in [3.63, 3.8) is 0 Å². The summed E-state index contributed by atoms with van der Waals surface area (Å²) in [6, 6.07) is 12.0. The van der Waals surface area contributed by atoms with Gasteiger partial charge in [-0.2, -0.15) is 0 Å². The highest BCUT2D eigenvalue weighted by Gasteiger charge is 2.30. The average Bonchev–Trinajstić information content (AvgIpc) is 3.28. The second-order valence-electron chi connectivity index (χ2n) is 7.51. The van der Waals surface area contributed by atoms with E-state index >= 15 is 0 Å². The van der Waals surface area contributed by atoms with Crippen LogP contribution < -0.4 is 0 Å². The average molecular weight is 383 g/mol. The molecule has 3 heterocycles. The normalized spacial score (nSPS) is 18.5. The Morgan fingerprint density at radius 2 is 1.56 bits per heavy atom. The van der Waals surface area contributed by atoms with Crippen molar-refractivity contribution >= 4 is 23.2 Å². The van der Waals surface area contributed by atoms with Crippen molar-refractivity contribution in [2.75, 3.05) is 26.2 Å². The monoisotopic (exact) mass is 382 g/mol. The van der Waals surface area contributed by atoms with Crippen LogP contribution in [0.3, 0.4) is 0 Å². The Hall–Kier alpha value is -2.14. The molecule has 2 fully saturated rings. The maximum atomic E-state index is 12.8. The Labute approximate surface area is 164 Å². The predicted molar refractivity (Wildman–Crippen MR) is 109 cm³/mol. The van der Waals surface area contributed by atoms with Gasteiger partial charge in [-0.05, 0) is 61.2 Å². The van der Waals surface area contributed by atoms with Crippen molar-refractivity contribution in [1.82, 2.24) is 9.80 Å². The van der Waals surface area contributed by atoms with Gasteiger partial charge in [-0.1, -0.05) is 18.2 Å². The molecule has 0 aliphatic carbocycles. The molecule has 2 aliphatic rings. The minimum Gasteiger partial charge on any atom is -0.342 e. The number of carbonyl (C=O) groups is 2. The number of carbonyl (C=O) groups excluding carboxylic acids is 2. The van der Waals surface area contributed by atoms with Gasteiger partial charge in [-0.3, -0.25) is 9.59 Å². The highest BCUT2D eigenvalue weighted by molar-refractivity contribution is 7.13. The zero-order chi connectivity index (χ0) is 18.6. The van der Waals surface area contributed by atoms with Gasteiger partial charge >= 0.3 is 0 Å². The molecule has 142 valence electrons. The summed E-state index contributed by atoms with van der Waals surface area (Å²) in [5, 5.41) is 2.06. The van der Waals surface area contributed by atoms with E-state index in [-0.39, 0.29) is 11.8 Å². The molecule has 4 nitrogen and oxygen atoms in total. The van der Waals surface area contributed by atoms with E-state index in [0.29, 0.717) is 19.0 Å². The standard InChI is InChI=1S/C22H26N2O2S/c25-21(18-8-6-17(7-9-18)20-5-4-16-27-20)24-14-10-19(11-15-24)22(26)23-12-2-1-3-13-23/h4-9,16,19H,1-3,10-15H2. The summed E-state index contributed by atoms with van der Waals surface area (Å²) in [4.78, 5) is 30.6. The summed E-state index contributed by atoms with van der Waals surface area (Å²) < 4.78 is 0. The highest BCUT2D eigenvalue weighted by atomic mass is 32.1. The number of hydrogen-bond acceptors (Lipinski definition) is 3. The van der Waals surface area contributed by atoms with Gasteiger partial charge in [-0.25, -0.2) is 0 Å². The van der Waals surface area contributed by atoms with Crippen LogP contribution >= 0.6 is 11.3 Å². The van der Waals surface area contributed by atoms with Crippen LogP contribution in [0.4, 0.5) is 0 Å². The van der Waals surface area contributed by atoms with Crippen LogP contribution in [0, 0.1) is 5.92 Å². The van der Waals surface area contributed by atoms with Gasteiger partial charge in [0.05, 0.1) is 0 Å². The molecule has 0 saturated carbocycles. The van der Waals surface area contributed by atoms with E-state index in [1.165, 1.54) is 11.3 Å². The molecule has 2 aliphatic heterocycles. The van der Waals surface area contributed by atoms with Gasteiger partial charge in [0.15, 0.2) is 0 Å². The van der Waals surface area contributed by atoms with Crippen LogP contribution in [0.15, 0.2) is 41.8 Å². The number of hydrogen-bond donors (Lipinski definition) is 0. The van der Waals surface area contributed by atoms with Crippen LogP contribution in [0.1, 0.15) is 42.5 Å². The van der Waals surface area contributed by atoms with Crippen molar-refractivity contribution < 1.29 is 9.59 Å². The molecule has 0 atom stereocenters. The molecule has 4 rings (SSSR count). The fourth-order valence-electron chi connectivity index (χ4n) is 4.10. The van der Waals surface area contributed by atoms with Gasteiger partial charge < -0.3 is 9.80 Å². The Balaban J connectivity index is 1.33. The molecule has 1 aromatic carbocycles. The summed E-state index contributed by atoms with van der Waals surface area (Å²) in [6.07, 6.45) is 5.07. The minimum atomic E-state index is 0.0802. The first kappa shape index (κ1) is 18.2. The van der Waals surface area contributed by atoms with E-state index in [2.05, 4.69) is 11.4 Å². The van der Waals surface area contributed by atoms with Crippen LogP contribution in [-0.4, -0.2) is 47.8 Å². The third kappa shape index (κ3) is 4.08. The van der Waals surface area contributed by atoms with Gasteiger partial charge in [0.2, 0.25) is 5.91 Å². The molecule has 0 bridgehead atoms. The SMILES string of the molecule is O=C(c1ccc(-c2cccs2)cc1)N1CCC(C(=O)N2CCCCC2)CC1. The molecular formula is C22H26N2O2S. The van der Waals surface area contributed by atoms with Crippen molar-refractivity contribution in [2.24, 2.45) is 5.92 Å². The Morgan fingerprint density at radius 1 is 0.852 bits per heavy atom. The third-order valence-electron chi connectivity index (χ3n) is 5.74. The van der Waals surface area contributed by atoms with Crippen LogP contribution in [0.25, 0.3) is 10.4 Å². The molecule has 2 amide bonds. The first-order chi connectivity index (χ1) is 13.2. The van der Waals surface area contributed by atoms with Gasteiger partial charge in [0.1, 0.15) is 0 Å². The zero-order valence-corrected chi connectivity index (χ0v) is 16.4. The molecular weight excluding hydrogens is 356 g/mol. The molecule has 5 heteroatoms. The lowest BCUT2D eigenvalue weighted by molar-refractivity contribution is -0.137. The number of thiophene rings is 1. The molecule has 1 aromatic heterocycles. The Bertz CT molecular complexity index is 771. The number of benzene rings is 1. The fraction of sp³-hybridized carbons (Fsp3) is 0.455. The summed E-state index contributed by atoms with van der Waals surface area (Å²) >= 11 is 1.70. The number of nitrogens with zero attached hydrogens (tertiary/aromatic N) is 2. The second-order valence-corrected chi connectivity index (χ2v) is 8.45. The van der Waals surface area contributed by atoms with E-state index in [1.807, 2.05) is 40.1 Å². The van der Waals surface area contributed by atoms with Crippen LogP contribution in [0.2, 0.25) is 0 Å². The number of amides is 2. The lowest BCUT2D eigenvalue weighted by Crippen LogP contribution is -2.45. The summed E-state index contributed by atoms with van der Waals surface area (Å²) in [5.74, 6) is 0.479. The minimum absolute atomic E-state index is 0.0802. The van der Waals surface area contributed by atoms with Crippen molar-refractivity contribution in [3.8, 4) is 10.4 Å². The van der Waals surface area contributed by atoms with Gasteiger partial charge in [0.25, 0.3) is 5.91 Å². The molecule has 27 heavy (non-hydrogen) atoms. The van der Waals surface area contributed by atoms with Crippen LogP contribution in [0.5, 0.6) is 0 Å². The maximum Gasteiger partial charge on any atom is 0.253 e. The largest absolute Gasteiger partial charge is 0.342 e. The van der Waals surface area contributed by atoms with E-state index in [4.69, 9.17) is 0 Å². The van der Waals surface area contributed by atoms with E-state index < -0.39 is 0 Å². The maximum absolute atomic E-state index is 12.8. The van der Waals surface area contributed by atoms with E-state index in [9.17, 15) is 9.59 Å². The zero-order valence-electron chi connectivity index (χ0n) is 15.6. The highest BCUT2D eigenvalue weighted by Crippen LogP contribution is 2.26. The van der Waals surface area contributed by atoms with Crippen LogP contribution in [-0.2, 0) is 4.79 Å². The van der Waals surface area contributed by atoms with Crippen molar-refractivity contribution in [3.05, 3.63) is 47.3 Å². The smallest absolute Gasteiger partial charge is 0.253 e. The molecule has 0 spiro atoms. The molecule has 0 unspecified atom stereocenters. The molecule has 2 aromatic rings. The quantitative estimate of drug-likeness (QED) is 0.795. The van der Waals surface area contributed by atoms with Crippen molar-refractivity contribution in [2.45, 2.75) is 32.1 Å². The number of rotatable bonds is 3. The first-order valence-corrected chi connectivity index (χ1v) is 10.8. The van der Waals surface area contributed by atoms with Gasteiger partial charge in [0, 0.05) is 42.5 Å². The topological polar surface area (TPSA) is 40.6 Å². The number of piperidine rings is 2. The Kier molecular flexibility index (Phi) is 5.58. The van der Waals surface area contributed by atoms with E-state index in [0.717, 1.165) is 49.9 Å².